The first-order valence-electron chi connectivity index (χ1n) is 6.65. The SMILES string of the molecule is O=C(Nc1ccc(C(F)(F)F)cn1)C1=CC=CN2CCSN=C12. The first-order chi connectivity index (χ1) is 10.9. The van der Waals surface area contributed by atoms with Crippen molar-refractivity contribution in [2.75, 3.05) is 17.6 Å². The molecule has 2 aliphatic heterocycles. The minimum atomic E-state index is -4.46. The van der Waals surface area contributed by atoms with Crippen LogP contribution in [0.3, 0.4) is 0 Å². The molecular formula is C14H11F3N4OS. The Morgan fingerprint density at radius 3 is 2.87 bits per heavy atom. The van der Waals surface area contributed by atoms with Crippen LogP contribution in [0.25, 0.3) is 0 Å². The van der Waals surface area contributed by atoms with E-state index in [1.807, 2.05) is 11.1 Å². The normalized spacial score (nSPS) is 17.3. The first kappa shape index (κ1) is 15.6. The van der Waals surface area contributed by atoms with E-state index in [0.717, 1.165) is 24.4 Å². The monoisotopic (exact) mass is 340 g/mol. The zero-order valence-electron chi connectivity index (χ0n) is 11.7. The van der Waals surface area contributed by atoms with Crippen molar-refractivity contribution >= 4 is 29.5 Å². The number of amidine groups is 1. The third-order valence-electron chi connectivity index (χ3n) is 3.19. The van der Waals surface area contributed by atoms with Gasteiger partial charge in [-0.15, -0.1) is 0 Å². The Kier molecular flexibility index (Phi) is 4.12. The number of amides is 1. The highest BCUT2D eigenvalue weighted by molar-refractivity contribution is 7.98. The van der Waals surface area contributed by atoms with Gasteiger partial charge in [-0.1, -0.05) is 0 Å². The molecule has 0 unspecified atom stereocenters. The molecule has 0 bridgehead atoms. The molecule has 3 rings (SSSR count). The number of nitrogens with one attached hydrogen (secondary N) is 1. The maximum Gasteiger partial charge on any atom is 0.417 e. The van der Waals surface area contributed by atoms with Crippen molar-refractivity contribution in [3.8, 4) is 0 Å². The molecular weight excluding hydrogens is 329 g/mol. The van der Waals surface area contributed by atoms with E-state index in [2.05, 4.69) is 14.7 Å². The fourth-order valence-corrected chi connectivity index (χ4v) is 2.76. The van der Waals surface area contributed by atoms with Gasteiger partial charge in [-0.2, -0.15) is 17.6 Å². The van der Waals surface area contributed by atoms with Gasteiger partial charge in [0.15, 0.2) is 5.84 Å². The van der Waals surface area contributed by atoms with Crippen molar-refractivity contribution in [2.24, 2.45) is 4.40 Å². The van der Waals surface area contributed by atoms with Gasteiger partial charge in [0.2, 0.25) is 0 Å². The second-order valence-electron chi connectivity index (χ2n) is 4.75. The summed E-state index contributed by atoms with van der Waals surface area (Å²) in [7, 11) is 0. The summed E-state index contributed by atoms with van der Waals surface area (Å²) in [5.41, 5.74) is -0.518. The molecule has 0 aromatic carbocycles. The third kappa shape index (κ3) is 3.39. The van der Waals surface area contributed by atoms with Crippen LogP contribution in [0.2, 0.25) is 0 Å². The largest absolute Gasteiger partial charge is 0.417 e. The average molecular weight is 340 g/mol. The Labute approximate surface area is 134 Å². The Balaban J connectivity index is 1.75. The highest BCUT2D eigenvalue weighted by Gasteiger charge is 2.31. The number of carbonyl (C=O) groups is 1. The lowest BCUT2D eigenvalue weighted by Crippen LogP contribution is -2.37. The zero-order chi connectivity index (χ0) is 16.4. The highest BCUT2D eigenvalue weighted by atomic mass is 32.2. The fraction of sp³-hybridized carbons (Fsp3) is 0.214. The molecule has 0 spiro atoms. The van der Waals surface area contributed by atoms with Crippen LogP contribution in [0.15, 0.2) is 46.7 Å². The molecule has 0 atom stereocenters. The van der Waals surface area contributed by atoms with E-state index in [0.29, 0.717) is 17.6 Å². The van der Waals surface area contributed by atoms with Gasteiger partial charge in [0.05, 0.1) is 11.1 Å². The number of hydrogen-bond donors (Lipinski definition) is 1. The van der Waals surface area contributed by atoms with Crippen molar-refractivity contribution < 1.29 is 18.0 Å². The highest BCUT2D eigenvalue weighted by Crippen LogP contribution is 2.29. The van der Waals surface area contributed by atoms with Crippen LogP contribution in [-0.4, -0.2) is 33.9 Å². The number of hydrogen-bond acceptors (Lipinski definition) is 5. The molecule has 1 aromatic rings. The number of pyridine rings is 1. The standard InChI is InChI=1S/C14H11F3N4OS/c15-14(16,17)9-3-4-11(18-8-9)19-13(22)10-2-1-5-21-6-7-23-20-12(10)21/h1-5,8H,6-7H2,(H,18,19,22). The van der Waals surface area contributed by atoms with Crippen LogP contribution < -0.4 is 5.32 Å². The number of alkyl halides is 3. The van der Waals surface area contributed by atoms with E-state index in [-0.39, 0.29) is 5.82 Å². The predicted molar refractivity (Wildman–Crippen MR) is 81.7 cm³/mol. The lowest BCUT2D eigenvalue weighted by Gasteiger charge is -2.28. The van der Waals surface area contributed by atoms with Gasteiger partial charge < -0.3 is 10.2 Å². The first-order valence-corrected chi connectivity index (χ1v) is 7.59. The molecule has 1 N–H and O–H groups in total. The van der Waals surface area contributed by atoms with E-state index in [1.54, 1.807) is 12.2 Å². The Bertz CT molecular complexity index is 710. The minimum absolute atomic E-state index is 0.0501. The third-order valence-corrected chi connectivity index (χ3v) is 3.86. The van der Waals surface area contributed by atoms with Crippen LogP contribution in [0.5, 0.6) is 0 Å². The molecule has 2 aliphatic rings. The van der Waals surface area contributed by atoms with Crippen molar-refractivity contribution in [3.05, 3.63) is 47.8 Å². The van der Waals surface area contributed by atoms with Gasteiger partial charge in [0.1, 0.15) is 5.82 Å². The summed E-state index contributed by atoms with van der Waals surface area (Å²) in [4.78, 5) is 17.8. The molecule has 1 aromatic heterocycles. The maximum atomic E-state index is 12.5. The van der Waals surface area contributed by atoms with Gasteiger partial charge in [-0.05, 0) is 36.2 Å². The van der Waals surface area contributed by atoms with Crippen molar-refractivity contribution in [3.63, 3.8) is 0 Å². The molecule has 0 aliphatic carbocycles. The van der Waals surface area contributed by atoms with Crippen LogP contribution in [0.4, 0.5) is 19.0 Å². The number of carbonyl (C=O) groups excluding carboxylic acids is 1. The summed E-state index contributed by atoms with van der Waals surface area (Å²) in [5.74, 6) is 0.943. The summed E-state index contributed by atoms with van der Waals surface area (Å²) >= 11 is 1.36. The summed E-state index contributed by atoms with van der Waals surface area (Å²) < 4.78 is 41.7. The number of aromatic nitrogens is 1. The number of anilines is 1. The molecule has 120 valence electrons. The topological polar surface area (TPSA) is 57.6 Å². The predicted octanol–water partition coefficient (Wildman–Crippen LogP) is 2.85. The molecule has 0 saturated carbocycles. The van der Waals surface area contributed by atoms with Gasteiger partial charge in [0, 0.05) is 24.7 Å². The van der Waals surface area contributed by atoms with E-state index in [4.69, 9.17) is 0 Å². The molecule has 23 heavy (non-hydrogen) atoms. The van der Waals surface area contributed by atoms with E-state index in [1.165, 1.54) is 11.9 Å². The average Bonchev–Trinajstić information content (AvgIpc) is 2.54. The van der Waals surface area contributed by atoms with Crippen LogP contribution in [0.1, 0.15) is 5.56 Å². The number of fused-ring (bicyclic) bond motifs is 1. The van der Waals surface area contributed by atoms with Gasteiger partial charge in [0.25, 0.3) is 5.91 Å². The number of rotatable bonds is 2. The van der Waals surface area contributed by atoms with Crippen LogP contribution in [-0.2, 0) is 11.0 Å². The van der Waals surface area contributed by atoms with Gasteiger partial charge >= 0.3 is 6.18 Å². The van der Waals surface area contributed by atoms with Crippen LogP contribution in [0, 0.1) is 0 Å². The molecule has 3 heterocycles. The fourth-order valence-electron chi connectivity index (χ4n) is 2.07. The molecule has 1 amide bonds. The number of allylic oxidation sites excluding steroid dienone is 2. The molecule has 9 heteroatoms. The molecule has 0 saturated heterocycles. The van der Waals surface area contributed by atoms with E-state index < -0.39 is 17.6 Å². The zero-order valence-corrected chi connectivity index (χ0v) is 12.5. The quantitative estimate of drug-likeness (QED) is 0.841. The van der Waals surface area contributed by atoms with E-state index >= 15 is 0 Å². The molecule has 0 radical (unpaired) electrons. The molecule has 0 fully saturated rings. The van der Waals surface area contributed by atoms with Crippen molar-refractivity contribution in [2.45, 2.75) is 6.18 Å². The second-order valence-corrected chi connectivity index (χ2v) is 5.60. The van der Waals surface area contributed by atoms with Gasteiger partial charge in [-0.3, -0.25) is 4.79 Å². The smallest absolute Gasteiger partial charge is 0.331 e. The maximum absolute atomic E-state index is 12.5. The second kappa shape index (κ2) is 6.07. The minimum Gasteiger partial charge on any atom is -0.331 e. The number of halogens is 3. The Morgan fingerprint density at radius 1 is 1.35 bits per heavy atom. The van der Waals surface area contributed by atoms with Crippen molar-refractivity contribution in [1.29, 1.82) is 0 Å². The Morgan fingerprint density at radius 2 is 2.17 bits per heavy atom. The summed E-state index contributed by atoms with van der Waals surface area (Å²) in [6.45, 7) is 0.739. The van der Waals surface area contributed by atoms with E-state index in [9.17, 15) is 18.0 Å². The summed E-state index contributed by atoms with van der Waals surface area (Å²) in [5, 5.41) is 2.49. The van der Waals surface area contributed by atoms with Crippen LogP contribution >= 0.6 is 11.9 Å². The molecule has 5 nitrogen and oxygen atoms in total. The Hall–Kier alpha value is -2.29. The summed E-state index contributed by atoms with van der Waals surface area (Å²) in [6.07, 6.45) is 1.39. The number of nitrogens with zero attached hydrogens (tertiary/aromatic N) is 3. The summed E-state index contributed by atoms with van der Waals surface area (Å²) in [6, 6.07) is 1.99. The lowest BCUT2D eigenvalue weighted by molar-refractivity contribution is -0.137. The lowest BCUT2D eigenvalue weighted by atomic mass is 10.1. The van der Waals surface area contributed by atoms with Gasteiger partial charge in [-0.25, -0.2) is 4.98 Å². The van der Waals surface area contributed by atoms with Crippen molar-refractivity contribution in [1.82, 2.24) is 9.88 Å².